The fraction of sp³-hybridized carbons (Fsp3) is 0.526. The molecule has 0 aromatic heterocycles. The van der Waals surface area contributed by atoms with Gasteiger partial charge in [0, 0.05) is 5.54 Å². The van der Waals surface area contributed by atoms with Gasteiger partial charge in [0.25, 0.3) is 0 Å². The number of benzene rings is 1. The first-order valence-electron chi connectivity index (χ1n) is 8.76. The molecular formula is C19H26N2O4S. The Morgan fingerprint density at radius 2 is 2.00 bits per heavy atom. The number of hydrogen-bond donors (Lipinski definition) is 3. The molecule has 1 aromatic carbocycles. The Hall–Kier alpha value is -2.02. The third-order valence-electron chi connectivity index (χ3n) is 4.76. The fourth-order valence-corrected chi connectivity index (χ4v) is 3.53. The Bertz CT molecular complexity index is 663. The van der Waals surface area contributed by atoms with Crippen LogP contribution in [0.4, 0.5) is 0 Å². The molecule has 0 aliphatic carbocycles. The van der Waals surface area contributed by atoms with Crippen molar-refractivity contribution in [1.82, 2.24) is 10.2 Å². The van der Waals surface area contributed by atoms with Crippen molar-refractivity contribution in [2.45, 2.75) is 56.4 Å². The number of nitrogens with zero attached hydrogens (tertiary/aromatic N) is 1. The highest BCUT2D eigenvalue weighted by atomic mass is 32.1. The minimum atomic E-state index is -1.06. The normalized spacial score (nSPS) is 21.0. The second kappa shape index (κ2) is 8.58. The van der Waals surface area contributed by atoms with Gasteiger partial charge in [0.2, 0.25) is 11.8 Å². The molecule has 1 aromatic rings. The number of amides is 2. The molecule has 26 heavy (non-hydrogen) atoms. The minimum Gasteiger partial charge on any atom is -0.480 e. The summed E-state index contributed by atoms with van der Waals surface area (Å²) in [5.74, 6) is -1.72. The van der Waals surface area contributed by atoms with Crippen molar-refractivity contribution < 1.29 is 19.5 Å². The fourth-order valence-electron chi connectivity index (χ4n) is 3.24. The van der Waals surface area contributed by atoms with Crippen molar-refractivity contribution in [1.29, 1.82) is 0 Å². The van der Waals surface area contributed by atoms with Gasteiger partial charge in [0.15, 0.2) is 0 Å². The second-order valence-electron chi connectivity index (χ2n) is 7.29. The van der Waals surface area contributed by atoms with E-state index in [4.69, 9.17) is 5.11 Å². The zero-order chi connectivity index (χ0) is 19.3. The standard InChI is InChI=1S/C19H26N2O4S/c1-19(2)10-6-9-14(18(25)21(19)12-16(22)23)20-17(24)15(26)11-13-7-4-3-5-8-13/h3-5,7-8,14-15,26H,6,9-12H2,1-2H3,(H,20,24)(H,22,23)/t14-,15-/m1/s1. The van der Waals surface area contributed by atoms with Crippen LogP contribution in [-0.2, 0) is 20.8 Å². The molecule has 1 fully saturated rings. The molecule has 7 heteroatoms. The maximum atomic E-state index is 12.8. The Morgan fingerprint density at radius 1 is 1.35 bits per heavy atom. The van der Waals surface area contributed by atoms with Crippen molar-refractivity contribution >= 4 is 30.4 Å². The molecular weight excluding hydrogens is 352 g/mol. The SMILES string of the molecule is CC1(C)CCC[C@@H](NC(=O)[C@H](S)Cc2ccccc2)C(=O)N1CC(=O)O. The second-order valence-corrected chi connectivity index (χ2v) is 7.91. The number of likely N-dealkylation sites (tertiary alicyclic amines) is 1. The molecule has 1 aliphatic heterocycles. The van der Waals surface area contributed by atoms with Crippen LogP contribution in [0.1, 0.15) is 38.7 Å². The van der Waals surface area contributed by atoms with Gasteiger partial charge in [-0.05, 0) is 45.1 Å². The summed E-state index contributed by atoms with van der Waals surface area (Å²) in [5.41, 5.74) is 0.433. The van der Waals surface area contributed by atoms with Crippen LogP contribution in [0.5, 0.6) is 0 Å². The van der Waals surface area contributed by atoms with E-state index < -0.39 is 22.8 Å². The summed E-state index contributed by atoms with van der Waals surface area (Å²) >= 11 is 4.37. The predicted octanol–water partition coefficient (Wildman–Crippen LogP) is 1.89. The van der Waals surface area contributed by atoms with Crippen molar-refractivity contribution in [2.75, 3.05) is 6.54 Å². The van der Waals surface area contributed by atoms with Gasteiger partial charge in [-0.3, -0.25) is 14.4 Å². The van der Waals surface area contributed by atoms with E-state index in [0.717, 1.165) is 12.0 Å². The van der Waals surface area contributed by atoms with Crippen LogP contribution >= 0.6 is 12.6 Å². The van der Waals surface area contributed by atoms with E-state index in [0.29, 0.717) is 19.3 Å². The van der Waals surface area contributed by atoms with Crippen molar-refractivity contribution in [2.24, 2.45) is 0 Å². The van der Waals surface area contributed by atoms with E-state index in [1.807, 2.05) is 44.2 Å². The average Bonchev–Trinajstić information content (AvgIpc) is 2.67. The Labute approximate surface area is 159 Å². The van der Waals surface area contributed by atoms with Gasteiger partial charge in [0.05, 0.1) is 5.25 Å². The van der Waals surface area contributed by atoms with Gasteiger partial charge in [0.1, 0.15) is 12.6 Å². The highest BCUT2D eigenvalue weighted by molar-refractivity contribution is 7.81. The molecule has 1 saturated heterocycles. The van der Waals surface area contributed by atoms with Gasteiger partial charge in [-0.25, -0.2) is 0 Å². The summed E-state index contributed by atoms with van der Waals surface area (Å²) in [6.45, 7) is 3.34. The van der Waals surface area contributed by atoms with Crippen LogP contribution in [0.15, 0.2) is 30.3 Å². The Morgan fingerprint density at radius 3 is 2.62 bits per heavy atom. The van der Waals surface area contributed by atoms with Crippen LogP contribution in [0.2, 0.25) is 0 Å². The number of carboxylic acid groups (broad SMARTS) is 1. The maximum absolute atomic E-state index is 12.8. The third kappa shape index (κ3) is 5.24. The largest absolute Gasteiger partial charge is 0.480 e. The summed E-state index contributed by atoms with van der Waals surface area (Å²) in [6.07, 6.45) is 2.37. The molecule has 0 radical (unpaired) electrons. The summed E-state index contributed by atoms with van der Waals surface area (Å²) in [6, 6.07) is 8.83. The lowest BCUT2D eigenvalue weighted by atomic mass is 9.97. The van der Waals surface area contributed by atoms with Gasteiger partial charge < -0.3 is 15.3 Å². The summed E-state index contributed by atoms with van der Waals surface area (Å²) in [7, 11) is 0. The molecule has 2 atom stereocenters. The number of hydrogen-bond acceptors (Lipinski definition) is 4. The van der Waals surface area contributed by atoms with E-state index in [1.165, 1.54) is 4.90 Å². The van der Waals surface area contributed by atoms with Gasteiger partial charge in [-0.15, -0.1) is 0 Å². The minimum absolute atomic E-state index is 0.314. The first-order chi connectivity index (χ1) is 12.2. The van der Waals surface area contributed by atoms with E-state index >= 15 is 0 Å². The Kier molecular flexibility index (Phi) is 6.69. The highest BCUT2D eigenvalue weighted by Crippen LogP contribution is 2.27. The number of aliphatic carboxylic acids is 1. The van der Waals surface area contributed by atoms with Crippen LogP contribution in [0.3, 0.4) is 0 Å². The maximum Gasteiger partial charge on any atom is 0.323 e. The van der Waals surface area contributed by atoms with Crippen LogP contribution < -0.4 is 5.32 Å². The average molecular weight is 378 g/mol. The molecule has 2 N–H and O–H groups in total. The molecule has 2 rings (SSSR count). The van der Waals surface area contributed by atoms with Crippen molar-refractivity contribution in [3.63, 3.8) is 0 Å². The summed E-state index contributed by atoms with van der Waals surface area (Å²) in [5, 5.41) is 11.3. The molecule has 1 heterocycles. The van der Waals surface area contributed by atoms with E-state index in [-0.39, 0.29) is 18.4 Å². The topological polar surface area (TPSA) is 86.7 Å². The van der Waals surface area contributed by atoms with E-state index in [2.05, 4.69) is 17.9 Å². The molecule has 0 spiro atoms. The molecule has 1 aliphatic rings. The Balaban J connectivity index is 2.05. The number of nitrogens with one attached hydrogen (secondary N) is 1. The molecule has 6 nitrogen and oxygen atoms in total. The lowest BCUT2D eigenvalue weighted by Crippen LogP contribution is -2.56. The summed E-state index contributed by atoms with van der Waals surface area (Å²) < 4.78 is 0. The first-order valence-corrected chi connectivity index (χ1v) is 9.28. The molecule has 0 bridgehead atoms. The lowest BCUT2D eigenvalue weighted by Gasteiger charge is -2.37. The van der Waals surface area contributed by atoms with Crippen LogP contribution in [0, 0.1) is 0 Å². The molecule has 142 valence electrons. The molecule has 0 unspecified atom stereocenters. The molecule has 0 saturated carbocycles. The third-order valence-corrected chi connectivity index (χ3v) is 5.18. The zero-order valence-electron chi connectivity index (χ0n) is 15.1. The van der Waals surface area contributed by atoms with Gasteiger partial charge in [-0.2, -0.15) is 12.6 Å². The van der Waals surface area contributed by atoms with Crippen molar-refractivity contribution in [3.8, 4) is 0 Å². The number of carbonyl (C=O) groups excluding carboxylic acids is 2. The van der Waals surface area contributed by atoms with Gasteiger partial charge >= 0.3 is 5.97 Å². The van der Waals surface area contributed by atoms with Crippen molar-refractivity contribution in [3.05, 3.63) is 35.9 Å². The number of rotatable bonds is 6. The predicted molar refractivity (Wildman–Crippen MR) is 102 cm³/mol. The summed E-state index contributed by atoms with van der Waals surface area (Å²) in [4.78, 5) is 37.8. The lowest BCUT2D eigenvalue weighted by molar-refractivity contribution is -0.149. The highest BCUT2D eigenvalue weighted by Gasteiger charge is 2.39. The number of carboxylic acids is 1. The zero-order valence-corrected chi connectivity index (χ0v) is 16.0. The van der Waals surface area contributed by atoms with E-state index in [1.54, 1.807) is 0 Å². The first kappa shape index (κ1) is 20.3. The van der Waals surface area contributed by atoms with Crippen LogP contribution in [0.25, 0.3) is 0 Å². The molecule has 2 amide bonds. The quantitative estimate of drug-likeness (QED) is 0.660. The van der Waals surface area contributed by atoms with Crippen LogP contribution in [-0.4, -0.2) is 51.2 Å². The van der Waals surface area contributed by atoms with E-state index in [9.17, 15) is 14.4 Å². The monoisotopic (exact) mass is 378 g/mol. The smallest absolute Gasteiger partial charge is 0.323 e. The van der Waals surface area contributed by atoms with Gasteiger partial charge in [-0.1, -0.05) is 30.3 Å². The number of carbonyl (C=O) groups is 3. The number of thiol groups is 1.